The van der Waals surface area contributed by atoms with Crippen molar-refractivity contribution in [2.75, 3.05) is 13.2 Å². The van der Waals surface area contributed by atoms with Crippen molar-refractivity contribution in [1.82, 2.24) is 9.66 Å². The van der Waals surface area contributed by atoms with Crippen LogP contribution in [-0.4, -0.2) is 29.1 Å². The molecular formula is C20H18IN3O4. The van der Waals surface area contributed by atoms with Gasteiger partial charge in [0.25, 0.3) is 5.56 Å². The Labute approximate surface area is 174 Å². The predicted molar refractivity (Wildman–Crippen MR) is 118 cm³/mol. The highest BCUT2D eigenvalue weighted by Crippen LogP contribution is 2.33. The maximum atomic E-state index is 12.6. The van der Waals surface area contributed by atoms with Crippen LogP contribution in [0.5, 0.6) is 11.5 Å². The lowest BCUT2D eigenvalue weighted by molar-refractivity contribution is 0.295. The molecule has 0 aliphatic carbocycles. The number of halogens is 1. The van der Waals surface area contributed by atoms with Crippen molar-refractivity contribution in [3.05, 3.63) is 79.0 Å². The molecule has 0 aliphatic rings. The monoisotopic (exact) mass is 491 g/mol. The minimum atomic E-state index is -0.606. The van der Waals surface area contributed by atoms with Crippen molar-refractivity contribution >= 4 is 39.7 Å². The van der Waals surface area contributed by atoms with E-state index < -0.39 is 11.2 Å². The second kappa shape index (κ2) is 8.87. The minimum absolute atomic E-state index is 0.353. The number of fused-ring (bicyclic) bond motifs is 1. The van der Waals surface area contributed by atoms with Crippen LogP contribution < -0.4 is 20.7 Å². The summed E-state index contributed by atoms with van der Waals surface area (Å²) in [5.41, 5.74) is 0.0472. The maximum Gasteiger partial charge on any atom is 0.349 e. The first-order chi connectivity index (χ1) is 13.5. The topological polar surface area (TPSA) is 85.7 Å². The van der Waals surface area contributed by atoms with Gasteiger partial charge in [0.1, 0.15) is 6.61 Å². The Hall–Kier alpha value is -2.88. The first-order valence-electron chi connectivity index (χ1n) is 8.53. The van der Waals surface area contributed by atoms with Crippen molar-refractivity contribution in [1.29, 1.82) is 0 Å². The highest BCUT2D eigenvalue weighted by Gasteiger charge is 2.12. The number of aromatic amines is 1. The second-order valence-electron chi connectivity index (χ2n) is 5.70. The molecule has 0 spiro atoms. The molecule has 0 amide bonds. The highest BCUT2D eigenvalue weighted by atomic mass is 127. The lowest BCUT2D eigenvalue weighted by Crippen LogP contribution is -2.32. The van der Waals surface area contributed by atoms with Gasteiger partial charge in [-0.05, 0) is 59.3 Å². The van der Waals surface area contributed by atoms with Crippen LogP contribution in [0.25, 0.3) is 10.9 Å². The van der Waals surface area contributed by atoms with Crippen LogP contribution in [0.1, 0.15) is 12.5 Å². The third-order valence-electron chi connectivity index (χ3n) is 3.78. The Bertz CT molecular complexity index is 1160. The number of nitrogens with one attached hydrogen (secondary N) is 1. The molecule has 0 fully saturated rings. The molecule has 0 atom stereocenters. The molecule has 1 heterocycles. The molecule has 3 aromatic rings. The molecule has 7 nitrogen and oxygen atoms in total. The number of hydrogen-bond donors (Lipinski definition) is 1. The van der Waals surface area contributed by atoms with Crippen molar-refractivity contribution in [3.8, 4) is 11.5 Å². The van der Waals surface area contributed by atoms with E-state index >= 15 is 0 Å². The van der Waals surface area contributed by atoms with Gasteiger partial charge in [0, 0.05) is 0 Å². The van der Waals surface area contributed by atoms with Gasteiger partial charge in [-0.3, -0.25) is 4.79 Å². The second-order valence-corrected chi connectivity index (χ2v) is 6.86. The number of H-pyrrole nitrogens is 1. The van der Waals surface area contributed by atoms with Crippen LogP contribution in [0.3, 0.4) is 0 Å². The number of para-hydroxylation sites is 1. The fourth-order valence-electron chi connectivity index (χ4n) is 2.59. The minimum Gasteiger partial charge on any atom is -0.490 e. The number of hydrogen-bond acceptors (Lipinski definition) is 5. The molecule has 0 unspecified atom stereocenters. The normalized spacial score (nSPS) is 11.1. The first kappa shape index (κ1) is 19.9. The Morgan fingerprint density at radius 2 is 2.04 bits per heavy atom. The van der Waals surface area contributed by atoms with E-state index in [9.17, 15) is 9.59 Å². The van der Waals surface area contributed by atoms with Gasteiger partial charge >= 0.3 is 5.69 Å². The molecule has 1 aromatic heterocycles. The van der Waals surface area contributed by atoms with E-state index in [1.807, 2.05) is 13.0 Å². The molecule has 8 heteroatoms. The van der Waals surface area contributed by atoms with Crippen LogP contribution in [0.2, 0.25) is 0 Å². The van der Waals surface area contributed by atoms with Gasteiger partial charge in [0.05, 0.1) is 27.3 Å². The molecule has 0 radical (unpaired) electrons. The molecule has 144 valence electrons. The summed E-state index contributed by atoms with van der Waals surface area (Å²) in [6, 6.07) is 10.4. The molecule has 3 rings (SSSR count). The molecule has 0 aliphatic heterocycles. The molecule has 0 bridgehead atoms. The highest BCUT2D eigenvalue weighted by molar-refractivity contribution is 14.1. The van der Waals surface area contributed by atoms with E-state index in [2.05, 4.69) is 39.3 Å². The lowest BCUT2D eigenvalue weighted by atomic mass is 10.2. The van der Waals surface area contributed by atoms with Crippen LogP contribution in [0.4, 0.5) is 0 Å². The van der Waals surface area contributed by atoms with Crippen molar-refractivity contribution in [3.63, 3.8) is 0 Å². The molecular weight excluding hydrogens is 473 g/mol. The summed E-state index contributed by atoms with van der Waals surface area (Å²) in [7, 11) is 0. The Morgan fingerprint density at radius 3 is 2.79 bits per heavy atom. The van der Waals surface area contributed by atoms with Gasteiger partial charge in [0.15, 0.2) is 11.5 Å². The lowest BCUT2D eigenvalue weighted by Gasteiger charge is -2.13. The van der Waals surface area contributed by atoms with Crippen LogP contribution in [0, 0.1) is 3.57 Å². The van der Waals surface area contributed by atoms with E-state index in [4.69, 9.17) is 9.47 Å². The van der Waals surface area contributed by atoms with Gasteiger partial charge in [-0.25, -0.2) is 4.79 Å². The van der Waals surface area contributed by atoms with Gasteiger partial charge in [-0.15, -0.1) is 4.68 Å². The molecule has 1 N–H and O–H groups in total. The zero-order valence-electron chi connectivity index (χ0n) is 15.1. The van der Waals surface area contributed by atoms with Crippen LogP contribution in [0.15, 0.2) is 63.7 Å². The zero-order valence-corrected chi connectivity index (χ0v) is 17.3. The molecule has 0 saturated heterocycles. The zero-order chi connectivity index (χ0) is 20.1. The number of ether oxygens (including phenoxy) is 2. The van der Waals surface area contributed by atoms with Crippen molar-refractivity contribution in [2.45, 2.75) is 6.92 Å². The summed E-state index contributed by atoms with van der Waals surface area (Å²) in [6.07, 6.45) is 3.09. The summed E-state index contributed by atoms with van der Waals surface area (Å²) in [5.74, 6) is 1.16. The van der Waals surface area contributed by atoms with Crippen molar-refractivity contribution in [2.24, 2.45) is 5.10 Å². The summed E-state index contributed by atoms with van der Waals surface area (Å²) in [5, 5.41) is 4.47. The SMILES string of the molecule is C=CCOc1c(I)cc(C=Nn2c(=O)[nH]c3ccccc3c2=O)cc1OCC. The predicted octanol–water partition coefficient (Wildman–Crippen LogP) is 3.14. The van der Waals surface area contributed by atoms with Crippen LogP contribution >= 0.6 is 22.6 Å². The smallest absolute Gasteiger partial charge is 0.349 e. The summed E-state index contributed by atoms with van der Waals surface area (Å²) in [4.78, 5) is 27.4. The van der Waals surface area contributed by atoms with Gasteiger partial charge in [-0.1, -0.05) is 24.8 Å². The Morgan fingerprint density at radius 1 is 1.25 bits per heavy atom. The third-order valence-corrected chi connectivity index (χ3v) is 4.58. The molecule has 0 saturated carbocycles. The van der Waals surface area contributed by atoms with Crippen LogP contribution in [-0.2, 0) is 0 Å². The molecule has 2 aromatic carbocycles. The Kier molecular flexibility index (Phi) is 6.30. The van der Waals surface area contributed by atoms with E-state index in [-0.39, 0.29) is 0 Å². The largest absolute Gasteiger partial charge is 0.490 e. The average Bonchev–Trinajstić information content (AvgIpc) is 2.67. The Balaban J connectivity index is 2.03. The number of aromatic nitrogens is 2. The summed E-state index contributed by atoms with van der Waals surface area (Å²) in [6.45, 7) is 6.34. The third kappa shape index (κ3) is 4.16. The van der Waals surface area contributed by atoms with Gasteiger partial charge in [-0.2, -0.15) is 5.10 Å². The van der Waals surface area contributed by atoms with E-state index in [1.165, 1.54) is 6.21 Å². The van der Waals surface area contributed by atoms with Gasteiger partial charge < -0.3 is 14.5 Å². The van der Waals surface area contributed by atoms with E-state index in [1.54, 1.807) is 36.4 Å². The van der Waals surface area contributed by atoms with Crippen molar-refractivity contribution < 1.29 is 9.47 Å². The fraction of sp³-hybridized carbons (Fsp3) is 0.150. The quantitative estimate of drug-likeness (QED) is 0.313. The van der Waals surface area contributed by atoms with E-state index in [0.29, 0.717) is 41.2 Å². The fourth-order valence-corrected chi connectivity index (χ4v) is 3.37. The standard InChI is InChI=1S/C20H18IN3O4/c1-3-9-28-18-15(21)10-13(11-17(18)27-4-2)12-22-24-19(25)14-7-5-6-8-16(14)23-20(24)26/h3,5-8,10-12H,1,4,9H2,2H3,(H,23,26). The number of benzene rings is 2. The van der Waals surface area contributed by atoms with E-state index in [0.717, 1.165) is 8.25 Å². The average molecular weight is 491 g/mol. The number of rotatable bonds is 7. The number of nitrogens with zero attached hydrogens (tertiary/aromatic N) is 2. The molecule has 28 heavy (non-hydrogen) atoms. The first-order valence-corrected chi connectivity index (χ1v) is 9.61. The van der Waals surface area contributed by atoms with Gasteiger partial charge in [0.2, 0.25) is 0 Å². The summed E-state index contributed by atoms with van der Waals surface area (Å²) < 4.78 is 12.9. The maximum absolute atomic E-state index is 12.6. The summed E-state index contributed by atoms with van der Waals surface area (Å²) >= 11 is 2.13.